The lowest BCUT2D eigenvalue weighted by Crippen LogP contribution is -2.33. The Bertz CT molecular complexity index is 419. The highest BCUT2D eigenvalue weighted by molar-refractivity contribution is 5.36. The van der Waals surface area contributed by atoms with Crippen LogP contribution in [-0.2, 0) is 4.74 Å². The first-order valence-electron chi connectivity index (χ1n) is 6.84. The molecule has 0 heterocycles. The summed E-state index contributed by atoms with van der Waals surface area (Å²) >= 11 is 0. The van der Waals surface area contributed by atoms with Crippen LogP contribution in [-0.4, -0.2) is 19.8 Å². The van der Waals surface area contributed by atoms with Crippen LogP contribution in [0.2, 0.25) is 0 Å². The fourth-order valence-corrected chi connectivity index (χ4v) is 2.72. The fraction of sp³-hybridized carbons (Fsp3) is 0.600. The summed E-state index contributed by atoms with van der Waals surface area (Å²) in [5, 5.41) is 0. The van der Waals surface area contributed by atoms with Crippen molar-refractivity contribution in [2.75, 3.05) is 13.7 Å². The Morgan fingerprint density at radius 3 is 2.79 bits per heavy atom. The van der Waals surface area contributed by atoms with Gasteiger partial charge in [-0.15, -0.1) is 0 Å². The van der Waals surface area contributed by atoms with Gasteiger partial charge in [-0.25, -0.2) is 4.39 Å². The minimum absolute atomic E-state index is 0.182. The van der Waals surface area contributed by atoms with Crippen molar-refractivity contribution in [2.24, 2.45) is 11.7 Å². The van der Waals surface area contributed by atoms with E-state index >= 15 is 0 Å². The average Bonchev–Trinajstić information content (AvgIpc) is 2.36. The minimum atomic E-state index is -0.271. The number of benzene rings is 1. The molecule has 0 bridgehead atoms. The first-order valence-corrected chi connectivity index (χ1v) is 6.84. The van der Waals surface area contributed by atoms with E-state index in [9.17, 15) is 4.39 Å². The van der Waals surface area contributed by atoms with E-state index in [1.54, 1.807) is 13.2 Å². The molecule has 19 heavy (non-hydrogen) atoms. The summed E-state index contributed by atoms with van der Waals surface area (Å²) < 4.78 is 24.1. The van der Waals surface area contributed by atoms with Crippen molar-refractivity contribution >= 4 is 0 Å². The van der Waals surface area contributed by atoms with Crippen LogP contribution in [0.4, 0.5) is 4.39 Å². The Hall–Kier alpha value is -1.13. The smallest absolute Gasteiger partial charge is 0.123 e. The molecule has 1 aliphatic rings. The molecular weight excluding hydrogens is 245 g/mol. The molecule has 1 aromatic rings. The van der Waals surface area contributed by atoms with Gasteiger partial charge in [-0.3, -0.25) is 0 Å². The van der Waals surface area contributed by atoms with E-state index in [-0.39, 0.29) is 11.9 Å². The van der Waals surface area contributed by atoms with Crippen LogP contribution in [0.3, 0.4) is 0 Å². The van der Waals surface area contributed by atoms with E-state index in [2.05, 4.69) is 0 Å². The van der Waals surface area contributed by atoms with Crippen molar-refractivity contribution in [3.63, 3.8) is 0 Å². The predicted molar refractivity (Wildman–Crippen MR) is 72.6 cm³/mol. The van der Waals surface area contributed by atoms with Crippen LogP contribution in [0.15, 0.2) is 18.2 Å². The van der Waals surface area contributed by atoms with Crippen LogP contribution in [0, 0.1) is 11.7 Å². The van der Waals surface area contributed by atoms with Crippen molar-refractivity contribution < 1.29 is 13.9 Å². The van der Waals surface area contributed by atoms with Gasteiger partial charge in [0, 0.05) is 18.2 Å². The maximum absolute atomic E-state index is 13.3. The lowest BCUT2D eigenvalue weighted by atomic mass is 9.77. The summed E-state index contributed by atoms with van der Waals surface area (Å²) in [6.45, 7) is 2.78. The summed E-state index contributed by atoms with van der Waals surface area (Å²) in [7, 11) is 1.58. The second-order valence-electron chi connectivity index (χ2n) is 5.14. The molecule has 1 saturated carbocycles. The maximum atomic E-state index is 13.3. The molecule has 0 amide bonds. The lowest BCUT2D eigenvalue weighted by molar-refractivity contribution is -0.0282. The number of hydrogen-bond acceptors (Lipinski definition) is 3. The number of methoxy groups -OCH3 is 1. The van der Waals surface area contributed by atoms with Gasteiger partial charge in [-0.2, -0.15) is 0 Å². The highest BCUT2D eigenvalue weighted by Crippen LogP contribution is 2.38. The number of nitrogens with two attached hydrogens (primary N) is 1. The SMILES string of the molecule is CCOC1CC(CC(N)c2cc(F)ccc2OC)C1. The largest absolute Gasteiger partial charge is 0.496 e. The third-order valence-electron chi connectivity index (χ3n) is 3.77. The minimum Gasteiger partial charge on any atom is -0.496 e. The second kappa shape index (κ2) is 6.35. The van der Waals surface area contributed by atoms with E-state index in [1.807, 2.05) is 6.92 Å². The van der Waals surface area contributed by atoms with Gasteiger partial charge in [0.1, 0.15) is 11.6 Å². The first-order chi connectivity index (χ1) is 9.13. The highest BCUT2D eigenvalue weighted by Gasteiger charge is 2.31. The number of rotatable bonds is 6. The molecule has 0 spiro atoms. The molecule has 0 radical (unpaired) electrons. The Labute approximate surface area is 113 Å². The van der Waals surface area contributed by atoms with Crippen molar-refractivity contribution in [3.05, 3.63) is 29.6 Å². The van der Waals surface area contributed by atoms with Gasteiger partial charge >= 0.3 is 0 Å². The average molecular weight is 267 g/mol. The van der Waals surface area contributed by atoms with Crippen molar-refractivity contribution in [3.8, 4) is 5.75 Å². The van der Waals surface area contributed by atoms with Crippen molar-refractivity contribution in [2.45, 2.75) is 38.3 Å². The Morgan fingerprint density at radius 1 is 1.42 bits per heavy atom. The monoisotopic (exact) mass is 267 g/mol. The van der Waals surface area contributed by atoms with Gasteiger partial charge in [0.05, 0.1) is 13.2 Å². The predicted octanol–water partition coefficient (Wildman–Crippen LogP) is 3.04. The van der Waals surface area contributed by atoms with Crippen LogP contribution >= 0.6 is 0 Å². The summed E-state index contributed by atoms with van der Waals surface area (Å²) in [5.74, 6) is 0.959. The third kappa shape index (κ3) is 3.45. The maximum Gasteiger partial charge on any atom is 0.123 e. The molecule has 106 valence electrons. The third-order valence-corrected chi connectivity index (χ3v) is 3.77. The molecule has 1 aromatic carbocycles. The summed E-state index contributed by atoms with van der Waals surface area (Å²) in [5.41, 5.74) is 6.93. The summed E-state index contributed by atoms with van der Waals surface area (Å²) in [6.07, 6.45) is 3.35. The molecule has 0 aromatic heterocycles. The van der Waals surface area contributed by atoms with Crippen molar-refractivity contribution in [1.82, 2.24) is 0 Å². The molecule has 1 aliphatic carbocycles. The van der Waals surface area contributed by atoms with Gasteiger partial charge < -0.3 is 15.2 Å². The van der Waals surface area contributed by atoms with Crippen LogP contribution < -0.4 is 10.5 Å². The van der Waals surface area contributed by atoms with E-state index in [0.29, 0.717) is 17.8 Å². The van der Waals surface area contributed by atoms with Gasteiger partial charge in [0.25, 0.3) is 0 Å². The van der Waals surface area contributed by atoms with Crippen LogP contribution in [0.5, 0.6) is 5.75 Å². The zero-order valence-corrected chi connectivity index (χ0v) is 11.6. The summed E-state index contributed by atoms with van der Waals surface area (Å²) in [6, 6.07) is 4.32. The fourth-order valence-electron chi connectivity index (χ4n) is 2.72. The molecule has 1 unspecified atom stereocenters. The number of halogens is 1. The molecule has 2 rings (SSSR count). The topological polar surface area (TPSA) is 44.5 Å². The molecule has 0 aliphatic heterocycles. The van der Waals surface area contributed by atoms with Crippen molar-refractivity contribution in [1.29, 1.82) is 0 Å². The Kier molecular flexibility index (Phi) is 4.77. The van der Waals surface area contributed by atoms with Gasteiger partial charge in [0.15, 0.2) is 0 Å². The standard InChI is InChI=1S/C15H22FNO2/c1-3-19-12-6-10(7-12)8-14(17)13-9-11(16)4-5-15(13)18-2/h4-5,9-10,12,14H,3,6-8,17H2,1-2H3. The van der Waals surface area contributed by atoms with E-state index in [4.69, 9.17) is 15.2 Å². The Balaban J connectivity index is 1.93. The highest BCUT2D eigenvalue weighted by atomic mass is 19.1. The van der Waals surface area contributed by atoms with E-state index < -0.39 is 0 Å². The van der Waals surface area contributed by atoms with Crippen LogP contribution in [0.1, 0.15) is 37.8 Å². The quantitative estimate of drug-likeness (QED) is 0.861. The molecule has 1 fully saturated rings. The number of ether oxygens (including phenoxy) is 2. The van der Waals surface area contributed by atoms with E-state index in [0.717, 1.165) is 31.4 Å². The molecule has 0 saturated heterocycles. The Morgan fingerprint density at radius 2 is 2.16 bits per heavy atom. The zero-order chi connectivity index (χ0) is 13.8. The lowest BCUT2D eigenvalue weighted by Gasteiger charge is -2.36. The zero-order valence-electron chi connectivity index (χ0n) is 11.6. The van der Waals surface area contributed by atoms with E-state index in [1.165, 1.54) is 12.1 Å². The number of hydrogen-bond donors (Lipinski definition) is 1. The van der Waals surface area contributed by atoms with Crippen LogP contribution in [0.25, 0.3) is 0 Å². The molecule has 3 nitrogen and oxygen atoms in total. The molecular formula is C15H22FNO2. The molecule has 2 N–H and O–H groups in total. The van der Waals surface area contributed by atoms with Gasteiger partial charge in [-0.05, 0) is 50.3 Å². The van der Waals surface area contributed by atoms with Gasteiger partial charge in [0.2, 0.25) is 0 Å². The first kappa shape index (κ1) is 14.3. The normalized spacial score (nSPS) is 23.8. The summed E-state index contributed by atoms with van der Waals surface area (Å²) in [4.78, 5) is 0. The molecule has 1 atom stereocenters. The molecule has 4 heteroatoms. The van der Waals surface area contributed by atoms with Gasteiger partial charge in [-0.1, -0.05) is 0 Å². The second-order valence-corrected chi connectivity index (χ2v) is 5.14.